The van der Waals surface area contributed by atoms with Crippen LogP contribution in [0.4, 0.5) is 4.39 Å². The molecule has 0 aromatic heterocycles. The predicted octanol–water partition coefficient (Wildman–Crippen LogP) is 2.20. The van der Waals surface area contributed by atoms with Gasteiger partial charge in [-0.25, -0.2) is 4.39 Å². The van der Waals surface area contributed by atoms with Crippen LogP contribution in [0.25, 0.3) is 0 Å². The number of rotatable bonds is 5. The molecular formula is C14H20FN3O. The molecule has 4 N–H and O–H groups in total. The van der Waals surface area contributed by atoms with Crippen LogP contribution in [-0.4, -0.2) is 17.6 Å². The number of hydrogen-bond acceptors (Lipinski definition) is 3. The van der Waals surface area contributed by atoms with Crippen LogP contribution in [0.2, 0.25) is 0 Å². The Balaban J connectivity index is 1.98. The first kappa shape index (κ1) is 13.8. The van der Waals surface area contributed by atoms with Gasteiger partial charge in [-0.15, -0.1) is 0 Å². The van der Waals surface area contributed by atoms with Gasteiger partial charge in [0, 0.05) is 18.7 Å². The second kappa shape index (κ2) is 5.57. The number of amidine groups is 1. The van der Waals surface area contributed by atoms with Crippen LogP contribution in [0.15, 0.2) is 23.4 Å². The van der Waals surface area contributed by atoms with Gasteiger partial charge >= 0.3 is 0 Å². The molecule has 0 aliphatic heterocycles. The van der Waals surface area contributed by atoms with Crippen molar-refractivity contribution in [3.63, 3.8) is 0 Å². The Morgan fingerprint density at radius 3 is 2.79 bits per heavy atom. The molecule has 1 fully saturated rings. The van der Waals surface area contributed by atoms with E-state index in [-0.39, 0.29) is 11.7 Å². The molecule has 1 aliphatic carbocycles. The Kier molecular flexibility index (Phi) is 4.04. The number of hydrogen-bond donors (Lipinski definition) is 3. The highest BCUT2D eigenvalue weighted by atomic mass is 19.1. The van der Waals surface area contributed by atoms with E-state index < -0.39 is 0 Å². The molecule has 4 nitrogen and oxygen atoms in total. The number of nitrogens with zero attached hydrogens (tertiary/aromatic N) is 1. The van der Waals surface area contributed by atoms with E-state index in [1.54, 1.807) is 6.07 Å². The normalized spacial score (nSPS) is 18.1. The average molecular weight is 265 g/mol. The van der Waals surface area contributed by atoms with Crippen molar-refractivity contribution in [1.82, 2.24) is 5.32 Å². The van der Waals surface area contributed by atoms with Crippen molar-refractivity contribution in [3.8, 4) is 0 Å². The highest BCUT2D eigenvalue weighted by Crippen LogP contribution is 2.39. The summed E-state index contributed by atoms with van der Waals surface area (Å²) in [4.78, 5) is 0. The van der Waals surface area contributed by atoms with Crippen molar-refractivity contribution in [2.45, 2.75) is 32.7 Å². The Hall–Kier alpha value is -1.62. The Morgan fingerprint density at radius 2 is 2.21 bits per heavy atom. The summed E-state index contributed by atoms with van der Waals surface area (Å²) >= 11 is 0. The van der Waals surface area contributed by atoms with Crippen molar-refractivity contribution in [1.29, 1.82) is 0 Å². The molecule has 104 valence electrons. The molecule has 0 spiro atoms. The van der Waals surface area contributed by atoms with Gasteiger partial charge in [-0.3, -0.25) is 0 Å². The second-order valence-electron chi connectivity index (χ2n) is 5.60. The summed E-state index contributed by atoms with van der Waals surface area (Å²) < 4.78 is 13.4. The summed E-state index contributed by atoms with van der Waals surface area (Å²) in [6, 6.07) is 4.45. The van der Waals surface area contributed by atoms with Gasteiger partial charge in [-0.2, -0.15) is 0 Å². The van der Waals surface area contributed by atoms with E-state index in [4.69, 9.17) is 10.9 Å². The molecular weight excluding hydrogens is 245 g/mol. The zero-order chi connectivity index (χ0) is 13.9. The minimum atomic E-state index is -0.379. The molecule has 0 unspecified atom stereocenters. The minimum absolute atomic E-state index is 0.0771. The van der Waals surface area contributed by atoms with E-state index in [1.165, 1.54) is 31.4 Å². The van der Waals surface area contributed by atoms with Crippen LogP contribution in [0.1, 0.15) is 37.3 Å². The lowest BCUT2D eigenvalue weighted by molar-refractivity contribution is 0.156. The van der Waals surface area contributed by atoms with Crippen molar-refractivity contribution in [2.75, 3.05) is 6.54 Å². The van der Waals surface area contributed by atoms with Crippen molar-refractivity contribution < 1.29 is 9.60 Å². The van der Waals surface area contributed by atoms with Gasteiger partial charge in [0.2, 0.25) is 0 Å². The second-order valence-corrected chi connectivity index (χ2v) is 5.60. The van der Waals surface area contributed by atoms with E-state index in [9.17, 15) is 4.39 Å². The van der Waals surface area contributed by atoms with Crippen LogP contribution in [-0.2, 0) is 6.54 Å². The smallest absolute Gasteiger partial charge is 0.170 e. The van der Waals surface area contributed by atoms with Gasteiger partial charge in [0.05, 0.1) is 0 Å². The number of nitrogens with two attached hydrogens (primary N) is 1. The van der Waals surface area contributed by atoms with E-state index >= 15 is 0 Å². The molecule has 1 aliphatic rings. The van der Waals surface area contributed by atoms with Gasteiger partial charge in [-0.1, -0.05) is 18.5 Å². The zero-order valence-corrected chi connectivity index (χ0v) is 11.1. The highest BCUT2D eigenvalue weighted by molar-refractivity contribution is 5.97. The molecule has 0 bridgehead atoms. The molecule has 0 saturated heterocycles. The largest absolute Gasteiger partial charge is 0.409 e. The maximum Gasteiger partial charge on any atom is 0.170 e. The molecule has 1 saturated carbocycles. The summed E-state index contributed by atoms with van der Waals surface area (Å²) in [5, 5.41) is 14.9. The molecule has 1 aromatic carbocycles. The molecule has 2 rings (SSSR count). The predicted molar refractivity (Wildman–Crippen MR) is 72.6 cm³/mol. The minimum Gasteiger partial charge on any atom is -0.409 e. The molecule has 5 heteroatoms. The lowest BCUT2D eigenvalue weighted by Gasteiger charge is -2.38. The molecule has 19 heavy (non-hydrogen) atoms. The summed E-state index contributed by atoms with van der Waals surface area (Å²) in [6.07, 6.45) is 3.79. The van der Waals surface area contributed by atoms with Crippen LogP contribution in [0.3, 0.4) is 0 Å². The third kappa shape index (κ3) is 3.44. The van der Waals surface area contributed by atoms with Crippen molar-refractivity contribution >= 4 is 5.84 Å². The first-order valence-corrected chi connectivity index (χ1v) is 6.50. The monoisotopic (exact) mass is 265 g/mol. The zero-order valence-electron chi connectivity index (χ0n) is 11.1. The van der Waals surface area contributed by atoms with Gasteiger partial charge in [0.25, 0.3) is 0 Å². The highest BCUT2D eigenvalue weighted by Gasteiger charge is 2.30. The van der Waals surface area contributed by atoms with Gasteiger partial charge in [-0.05, 0) is 42.0 Å². The summed E-state index contributed by atoms with van der Waals surface area (Å²) in [5.74, 6) is -0.456. The number of nitrogens with one attached hydrogen (secondary N) is 1. The van der Waals surface area contributed by atoms with Crippen LogP contribution in [0, 0.1) is 11.2 Å². The lowest BCUT2D eigenvalue weighted by Crippen LogP contribution is -2.37. The number of oxime groups is 1. The standard InChI is InChI=1S/C14H20FN3O/c1-14(3-2-4-14)9-17-8-10-5-11(13(16)18-19)7-12(15)6-10/h5-7,17,19H,2-4,8-9H2,1H3,(H2,16,18). The molecule has 0 radical (unpaired) electrons. The molecule has 0 atom stereocenters. The Bertz CT molecular complexity index is 484. The topological polar surface area (TPSA) is 70.6 Å². The summed E-state index contributed by atoms with van der Waals surface area (Å²) in [7, 11) is 0. The van der Waals surface area contributed by atoms with Crippen molar-refractivity contribution in [2.24, 2.45) is 16.3 Å². The van der Waals surface area contributed by atoms with Crippen LogP contribution < -0.4 is 11.1 Å². The fraction of sp³-hybridized carbons (Fsp3) is 0.500. The first-order chi connectivity index (χ1) is 9.02. The molecule has 0 heterocycles. The number of halogens is 1. The third-order valence-corrected chi connectivity index (χ3v) is 3.80. The maximum atomic E-state index is 13.4. The van der Waals surface area contributed by atoms with Gasteiger partial charge in [0.15, 0.2) is 5.84 Å². The van der Waals surface area contributed by atoms with Gasteiger partial charge in [0.1, 0.15) is 5.82 Å². The summed E-state index contributed by atoms with van der Waals surface area (Å²) in [5.41, 5.74) is 7.06. The van der Waals surface area contributed by atoms with Gasteiger partial charge < -0.3 is 16.3 Å². The van der Waals surface area contributed by atoms with Crippen LogP contribution >= 0.6 is 0 Å². The molecule has 1 aromatic rings. The van der Waals surface area contributed by atoms with E-state index in [0.717, 1.165) is 12.1 Å². The van der Waals surface area contributed by atoms with E-state index in [0.29, 0.717) is 17.5 Å². The quantitative estimate of drug-likeness (QED) is 0.331. The maximum absolute atomic E-state index is 13.4. The fourth-order valence-electron chi connectivity index (χ4n) is 2.42. The Labute approximate surface area is 112 Å². The first-order valence-electron chi connectivity index (χ1n) is 6.50. The SMILES string of the molecule is CC1(CNCc2cc(F)cc(/C(N)=N/O)c2)CCC1. The van der Waals surface area contributed by atoms with E-state index in [2.05, 4.69) is 17.4 Å². The Morgan fingerprint density at radius 1 is 1.47 bits per heavy atom. The van der Waals surface area contributed by atoms with Crippen molar-refractivity contribution in [3.05, 3.63) is 35.1 Å². The lowest BCUT2D eigenvalue weighted by atomic mass is 9.70. The van der Waals surface area contributed by atoms with Crippen LogP contribution in [0.5, 0.6) is 0 Å². The fourth-order valence-corrected chi connectivity index (χ4v) is 2.42. The molecule has 0 amide bonds. The number of benzene rings is 1. The van der Waals surface area contributed by atoms with E-state index in [1.807, 2.05) is 0 Å². The summed E-state index contributed by atoms with van der Waals surface area (Å²) in [6.45, 7) is 3.78. The average Bonchev–Trinajstić information content (AvgIpc) is 2.35. The third-order valence-electron chi connectivity index (χ3n) is 3.80.